The molecule has 0 radical (unpaired) electrons. The van der Waals surface area contributed by atoms with Crippen LogP contribution in [0, 0.1) is 5.92 Å². The first-order valence-corrected chi connectivity index (χ1v) is 9.25. The monoisotopic (exact) mass is 359 g/mol. The van der Waals surface area contributed by atoms with E-state index in [1.807, 2.05) is 17.1 Å². The highest BCUT2D eigenvalue weighted by molar-refractivity contribution is 5.71. The number of ether oxygens (including phenoxy) is 3. The average molecular weight is 359 g/mol. The maximum Gasteiger partial charge on any atom is 0.509 e. The van der Waals surface area contributed by atoms with Crippen LogP contribution in [-0.2, 0) is 9.47 Å². The molecule has 1 aliphatic carbocycles. The summed E-state index contributed by atoms with van der Waals surface area (Å²) in [4.78, 5) is 11.8. The molecule has 1 N–H and O–H groups in total. The lowest BCUT2D eigenvalue weighted by molar-refractivity contribution is -0.0190. The van der Waals surface area contributed by atoms with E-state index in [1.165, 1.54) is 18.4 Å². The van der Waals surface area contributed by atoms with Crippen molar-refractivity contribution in [2.45, 2.75) is 50.5 Å². The largest absolute Gasteiger partial charge is 0.509 e. The van der Waals surface area contributed by atoms with Crippen molar-refractivity contribution in [2.24, 2.45) is 11.0 Å². The minimum atomic E-state index is -0.651. The molecular formula is C19H25N3O4. The molecule has 4 unspecified atom stereocenters. The molecule has 1 saturated heterocycles. The van der Waals surface area contributed by atoms with Gasteiger partial charge < -0.3 is 14.2 Å². The highest BCUT2D eigenvalue weighted by Crippen LogP contribution is 2.43. The molecule has 7 heteroatoms. The van der Waals surface area contributed by atoms with Crippen LogP contribution in [0.2, 0.25) is 0 Å². The van der Waals surface area contributed by atoms with Crippen LogP contribution < -0.4 is 10.1 Å². The van der Waals surface area contributed by atoms with E-state index in [1.54, 1.807) is 20.2 Å². The molecule has 26 heavy (non-hydrogen) atoms. The Morgan fingerprint density at radius 2 is 2.08 bits per heavy atom. The second kappa shape index (κ2) is 7.15. The Kier molecular flexibility index (Phi) is 4.72. The zero-order valence-electron chi connectivity index (χ0n) is 15.1. The van der Waals surface area contributed by atoms with Crippen LogP contribution in [0.25, 0.3) is 0 Å². The Morgan fingerprint density at radius 3 is 2.73 bits per heavy atom. The molecule has 7 nitrogen and oxygen atoms in total. The molecule has 4 atom stereocenters. The van der Waals surface area contributed by atoms with Gasteiger partial charge in [-0.15, -0.1) is 0 Å². The van der Waals surface area contributed by atoms with E-state index >= 15 is 0 Å². The third-order valence-electron chi connectivity index (χ3n) is 5.31. The van der Waals surface area contributed by atoms with Crippen LogP contribution in [-0.4, -0.2) is 49.4 Å². The Labute approximate surface area is 153 Å². The summed E-state index contributed by atoms with van der Waals surface area (Å²) in [7, 11) is 1.67. The number of hydrogen-bond acceptors (Lipinski definition) is 7. The predicted octanol–water partition coefficient (Wildman–Crippen LogP) is 2.68. The van der Waals surface area contributed by atoms with Crippen molar-refractivity contribution in [3.05, 3.63) is 29.8 Å². The van der Waals surface area contributed by atoms with E-state index in [0.29, 0.717) is 18.6 Å². The minimum Gasteiger partial charge on any atom is -0.497 e. The number of nitrogens with zero attached hydrogens (tertiary/aromatic N) is 2. The summed E-state index contributed by atoms with van der Waals surface area (Å²) in [5, 5.41) is 10.2. The van der Waals surface area contributed by atoms with Gasteiger partial charge in [0.1, 0.15) is 11.9 Å². The second-order valence-corrected chi connectivity index (χ2v) is 6.99. The Bertz CT molecular complexity index is 674. The number of carbonyl (C=O) groups excluding carboxylic acids is 1. The number of carbonyl (C=O) groups is 1. The molecule has 1 aromatic carbocycles. The van der Waals surface area contributed by atoms with Gasteiger partial charge in [0.25, 0.3) is 0 Å². The molecule has 0 amide bonds. The van der Waals surface area contributed by atoms with Gasteiger partial charge in [0.05, 0.1) is 26.0 Å². The third-order valence-corrected chi connectivity index (χ3v) is 5.31. The molecule has 140 valence electrons. The highest BCUT2D eigenvalue weighted by Gasteiger charge is 2.47. The average Bonchev–Trinajstić information content (AvgIpc) is 3.44. The van der Waals surface area contributed by atoms with Gasteiger partial charge in [-0.25, -0.2) is 4.79 Å². The number of rotatable bonds is 5. The Morgan fingerprint density at radius 1 is 1.31 bits per heavy atom. The van der Waals surface area contributed by atoms with Crippen LogP contribution in [0.4, 0.5) is 4.79 Å². The predicted molar refractivity (Wildman–Crippen MR) is 96.0 cm³/mol. The van der Waals surface area contributed by atoms with Crippen molar-refractivity contribution >= 4 is 12.4 Å². The molecule has 1 saturated carbocycles. The minimum absolute atomic E-state index is 0.143. The van der Waals surface area contributed by atoms with E-state index < -0.39 is 12.3 Å². The van der Waals surface area contributed by atoms with Crippen LogP contribution in [0.15, 0.2) is 29.4 Å². The van der Waals surface area contributed by atoms with Crippen LogP contribution in [0.3, 0.4) is 0 Å². The van der Waals surface area contributed by atoms with Crippen molar-refractivity contribution in [3.8, 4) is 5.75 Å². The fourth-order valence-corrected chi connectivity index (χ4v) is 3.83. The van der Waals surface area contributed by atoms with Gasteiger partial charge in [-0.2, -0.15) is 5.10 Å². The molecule has 4 rings (SSSR count). The molecule has 2 heterocycles. The fraction of sp³-hybridized carbons (Fsp3) is 0.579. The summed E-state index contributed by atoms with van der Waals surface area (Å²) in [6, 6.07) is 8.68. The van der Waals surface area contributed by atoms with Crippen molar-refractivity contribution in [1.82, 2.24) is 10.3 Å². The number of nitrogens with one attached hydrogen (secondary N) is 1. The molecule has 1 aromatic rings. The summed E-state index contributed by atoms with van der Waals surface area (Å²) in [6.07, 6.45) is 3.93. The van der Waals surface area contributed by atoms with Crippen LogP contribution in [0.1, 0.15) is 37.8 Å². The van der Waals surface area contributed by atoms with E-state index in [9.17, 15) is 4.79 Å². The summed E-state index contributed by atoms with van der Waals surface area (Å²) >= 11 is 0. The number of hydrazone groups is 1. The van der Waals surface area contributed by atoms with Gasteiger partial charge in [0, 0.05) is 6.04 Å². The molecule has 0 spiro atoms. The van der Waals surface area contributed by atoms with Crippen molar-refractivity contribution in [2.75, 3.05) is 13.7 Å². The normalized spacial score (nSPS) is 30.0. The van der Waals surface area contributed by atoms with Gasteiger partial charge in [-0.1, -0.05) is 12.1 Å². The molecule has 0 aromatic heterocycles. The van der Waals surface area contributed by atoms with Crippen LogP contribution >= 0.6 is 0 Å². The van der Waals surface area contributed by atoms with Crippen molar-refractivity contribution in [1.29, 1.82) is 0 Å². The lowest BCUT2D eigenvalue weighted by atomic mass is 9.92. The molecular weight excluding hydrogens is 334 g/mol. The van der Waals surface area contributed by atoms with Gasteiger partial charge in [0.2, 0.25) is 0 Å². The first-order valence-electron chi connectivity index (χ1n) is 9.25. The SMILES string of the molecule is CCOC(=O)OC1C=NN2C(c3ccc(OC)cc3)CC(C3CC3)NC12. The smallest absolute Gasteiger partial charge is 0.497 e. The molecule has 3 aliphatic rings. The van der Waals surface area contributed by atoms with E-state index in [4.69, 9.17) is 14.2 Å². The fourth-order valence-electron chi connectivity index (χ4n) is 3.83. The van der Waals surface area contributed by atoms with Gasteiger partial charge in [-0.3, -0.25) is 10.3 Å². The van der Waals surface area contributed by atoms with Gasteiger partial charge in [-0.05, 0) is 49.8 Å². The van der Waals surface area contributed by atoms with Crippen LogP contribution in [0.5, 0.6) is 5.75 Å². The second-order valence-electron chi connectivity index (χ2n) is 6.99. The molecule has 2 aliphatic heterocycles. The summed E-state index contributed by atoms with van der Waals surface area (Å²) < 4.78 is 15.6. The van der Waals surface area contributed by atoms with E-state index in [-0.39, 0.29) is 12.2 Å². The Hall–Kier alpha value is -2.28. The van der Waals surface area contributed by atoms with Gasteiger partial charge in [0.15, 0.2) is 6.10 Å². The standard InChI is InChI=1S/C19H25N3O4/c1-3-25-19(23)26-17-11-20-22-16(13-6-8-14(24-2)9-7-13)10-15(12-4-5-12)21-18(17)22/h6-9,11-12,15-18,21H,3-5,10H2,1-2H3. The van der Waals surface area contributed by atoms with Crippen molar-refractivity contribution in [3.63, 3.8) is 0 Å². The summed E-state index contributed by atoms with van der Waals surface area (Å²) in [5.41, 5.74) is 1.19. The maximum absolute atomic E-state index is 11.8. The number of benzene rings is 1. The third kappa shape index (κ3) is 3.35. The lowest BCUT2D eigenvalue weighted by Gasteiger charge is -2.43. The molecule has 0 bridgehead atoms. The molecule has 2 fully saturated rings. The topological polar surface area (TPSA) is 72.4 Å². The zero-order valence-corrected chi connectivity index (χ0v) is 15.1. The van der Waals surface area contributed by atoms with Crippen molar-refractivity contribution < 1.29 is 19.0 Å². The zero-order chi connectivity index (χ0) is 18.1. The first-order chi connectivity index (χ1) is 12.7. The number of hydrogen-bond donors (Lipinski definition) is 1. The van der Waals surface area contributed by atoms with E-state index in [2.05, 4.69) is 22.6 Å². The maximum atomic E-state index is 11.8. The summed E-state index contributed by atoms with van der Waals surface area (Å²) in [6.45, 7) is 2.06. The lowest BCUT2D eigenvalue weighted by Crippen LogP contribution is -2.58. The number of fused-ring (bicyclic) bond motifs is 1. The van der Waals surface area contributed by atoms with Gasteiger partial charge >= 0.3 is 6.16 Å². The Balaban J connectivity index is 1.54. The number of methoxy groups -OCH3 is 1. The highest BCUT2D eigenvalue weighted by atomic mass is 16.7. The first kappa shape index (κ1) is 17.1. The quantitative estimate of drug-likeness (QED) is 0.815. The summed E-state index contributed by atoms with van der Waals surface area (Å²) in [5.74, 6) is 1.54. The van der Waals surface area contributed by atoms with E-state index in [0.717, 1.165) is 12.2 Å².